The highest BCUT2D eigenvalue weighted by atomic mass is 15.0. The van der Waals surface area contributed by atoms with Crippen LogP contribution in [0.4, 0.5) is 5.69 Å². The largest absolute Gasteiger partial charge is 0.381 e. The Balaban J connectivity index is 1.93. The number of nitrogens with one attached hydrogen (secondary N) is 1. The molecule has 0 unspecified atom stereocenters. The molecule has 1 aliphatic heterocycles. The molecular weight excluding hydrogens is 194 g/mol. The summed E-state index contributed by atoms with van der Waals surface area (Å²) in [6.45, 7) is 0. The predicted octanol–water partition coefficient (Wildman–Crippen LogP) is 3.17. The van der Waals surface area contributed by atoms with Gasteiger partial charge in [0.2, 0.25) is 0 Å². The molecule has 0 amide bonds. The lowest BCUT2D eigenvalue weighted by Gasteiger charge is -2.10. The van der Waals surface area contributed by atoms with Gasteiger partial charge in [0.1, 0.15) is 0 Å². The number of hydrogen-bond donors (Lipinski definition) is 1. The van der Waals surface area contributed by atoms with Crippen LogP contribution in [0.3, 0.4) is 0 Å². The Kier molecular flexibility index (Phi) is 1.51. The van der Waals surface area contributed by atoms with E-state index in [0.717, 1.165) is 6.42 Å². The normalized spacial score (nSPS) is 24.5. The summed E-state index contributed by atoms with van der Waals surface area (Å²) >= 11 is 0. The Hall–Kier alpha value is -1.76. The molecule has 1 heteroatoms. The zero-order valence-electron chi connectivity index (χ0n) is 8.98. The van der Waals surface area contributed by atoms with Gasteiger partial charge in [-0.15, -0.1) is 0 Å². The van der Waals surface area contributed by atoms with E-state index in [-0.39, 0.29) is 0 Å². The van der Waals surface area contributed by atoms with Crippen LogP contribution in [-0.4, -0.2) is 6.04 Å². The van der Waals surface area contributed by atoms with Crippen molar-refractivity contribution in [2.75, 3.05) is 5.32 Å². The van der Waals surface area contributed by atoms with Crippen LogP contribution in [0.25, 0.3) is 0 Å². The molecule has 2 aliphatic rings. The van der Waals surface area contributed by atoms with E-state index in [1.807, 2.05) is 0 Å². The van der Waals surface area contributed by atoms with Crippen LogP contribution in [-0.2, 0) is 6.42 Å². The van der Waals surface area contributed by atoms with Crippen molar-refractivity contribution in [1.29, 1.82) is 0 Å². The molecule has 2 aromatic carbocycles. The first-order chi connectivity index (χ1) is 7.93. The van der Waals surface area contributed by atoms with Crippen LogP contribution in [0.5, 0.6) is 0 Å². The van der Waals surface area contributed by atoms with Crippen LogP contribution in [0.15, 0.2) is 48.5 Å². The van der Waals surface area contributed by atoms with Crippen LogP contribution in [0.2, 0.25) is 0 Å². The first kappa shape index (κ1) is 8.40. The molecule has 4 rings (SSSR count). The Morgan fingerprint density at radius 2 is 1.62 bits per heavy atom. The maximum absolute atomic E-state index is 3.64. The van der Waals surface area contributed by atoms with Crippen molar-refractivity contribution in [3.63, 3.8) is 0 Å². The van der Waals surface area contributed by atoms with Gasteiger partial charge in [-0.05, 0) is 29.2 Å². The van der Waals surface area contributed by atoms with Crippen molar-refractivity contribution in [3.05, 3.63) is 65.2 Å². The van der Waals surface area contributed by atoms with Crippen molar-refractivity contribution < 1.29 is 0 Å². The molecule has 0 bridgehead atoms. The first-order valence-electron chi connectivity index (χ1n) is 5.87. The maximum atomic E-state index is 3.64. The first-order valence-corrected chi connectivity index (χ1v) is 5.87. The minimum absolute atomic E-state index is 0.576. The molecule has 2 atom stereocenters. The molecule has 2 aromatic rings. The van der Waals surface area contributed by atoms with E-state index >= 15 is 0 Å². The fourth-order valence-corrected chi connectivity index (χ4v) is 3.21. The monoisotopic (exact) mass is 207 g/mol. The SMILES string of the molecule is c1ccc2c(c1)C[C@@H]1Nc3ccccc3[C@@H]21. The van der Waals surface area contributed by atoms with Gasteiger partial charge in [0.25, 0.3) is 0 Å². The summed E-state index contributed by atoms with van der Waals surface area (Å²) in [6.07, 6.45) is 1.16. The van der Waals surface area contributed by atoms with Crippen molar-refractivity contribution in [3.8, 4) is 0 Å². The van der Waals surface area contributed by atoms with Gasteiger partial charge >= 0.3 is 0 Å². The van der Waals surface area contributed by atoms with Crippen LogP contribution in [0, 0.1) is 0 Å². The summed E-state index contributed by atoms with van der Waals surface area (Å²) in [5, 5.41) is 3.64. The van der Waals surface area contributed by atoms with Gasteiger partial charge in [0, 0.05) is 17.6 Å². The molecule has 16 heavy (non-hydrogen) atoms. The number of para-hydroxylation sites is 1. The second-order valence-electron chi connectivity index (χ2n) is 4.72. The van der Waals surface area contributed by atoms with Gasteiger partial charge in [-0.3, -0.25) is 0 Å². The van der Waals surface area contributed by atoms with E-state index < -0.39 is 0 Å². The molecule has 0 fully saturated rings. The quantitative estimate of drug-likeness (QED) is 0.699. The number of fused-ring (bicyclic) bond motifs is 5. The van der Waals surface area contributed by atoms with Gasteiger partial charge < -0.3 is 5.32 Å². The van der Waals surface area contributed by atoms with Crippen LogP contribution in [0.1, 0.15) is 22.6 Å². The summed E-state index contributed by atoms with van der Waals surface area (Å²) in [4.78, 5) is 0. The molecule has 0 saturated carbocycles. The standard InChI is InChI=1S/C15H13N/c1-2-6-11-10(5-1)9-14-15(11)12-7-3-4-8-13(12)16-14/h1-8,14-16H,9H2/t14-,15+/m0/s1. The highest BCUT2D eigenvalue weighted by Gasteiger charge is 2.38. The molecule has 0 saturated heterocycles. The Morgan fingerprint density at radius 3 is 2.56 bits per heavy atom. The summed E-state index contributed by atoms with van der Waals surface area (Å²) in [5.41, 5.74) is 5.83. The van der Waals surface area contributed by atoms with E-state index in [2.05, 4.69) is 53.8 Å². The second kappa shape index (κ2) is 2.88. The third-order valence-electron chi connectivity index (χ3n) is 3.87. The molecule has 1 nitrogen and oxygen atoms in total. The fraction of sp³-hybridized carbons (Fsp3) is 0.200. The number of rotatable bonds is 0. The van der Waals surface area contributed by atoms with Crippen LogP contribution >= 0.6 is 0 Å². The lowest BCUT2D eigenvalue weighted by atomic mass is 9.93. The van der Waals surface area contributed by atoms with Crippen molar-refractivity contribution in [1.82, 2.24) is 0 Å². The van der Waals surface area contributed by atoms with Crippen LogP contribution < -0.4 is 5.32 Å². The van der Waals surface area contributed by atoms with Gasteiger partial charge in [-0.2, -0.15) is 0 Å². The Bertz CT molecular complexity index is 509. The lowest BCUT2D eigenvalue weighted by molar-refractivity contribution is 0.727. The van der Waals surface area contributed by atoms with E-state index in [4.69, 9.17) is 0 Å². The summed E-state index contributed by atoms with van der Waals surface area (Å²) in [7, 11) is 0. The molecule has 1 aliphatic carbocycles. The van der Waals surface area contributed by atoms with E-state index in [9.17, 15) is 0 Å². The smallest absolute Gasteiger partial charge is 0.0411 e. The maximum Gasteiger partial charge on any atom is 0.0411 e. The zero-order valence-corrected chi connectivity index (χ0v) is 8.98. The summed E-state index contributed by atoms with van der Waals surface area (Å²) in [6, 6.07) is 18.1. The predicted molar refractivity (Wildman–Crippen MR) is 65.8 cm³/mol. The fourth-order valence-electron chi connectivity index (χ4n) is 3.21. The number of hydrogen-bond acceptors (Lipinski definition) is 1. The number of anilines is 1. The van der Waals surface area contributed by atoms with Gasteiger partial charge in [0.05, 0.1) is 0 Å². The third kappa shape index (κ3) is 0.955. The second-order valence-corrected chi connectivity index (χ2v) is 4.72. The molecule has 1 heterocycles. The molecule has 78 valence electrons. The van der Waals surface area contributed by atoms with E-state index in [1.165, 1.54) is 22.4 Å². The Morgan fingerprint density at radius 1 is 0.875 bits per heavy atom. The minimum Gasteiger partial charge on any atom is -0.381 e. The van der Waals surface area contributed by atoms with Crippen molar-refractivity contribution in [2.45, 2.75) is 18.4 Å². The molecular formula is C15H13N. The molecule has 0 aromatic heterocycles. The molecule has 0 radical (unpaired) electrons. The van der Waals surface area contributed by atoms with Crippen molar-refractivity contribution in [2.24, 2.45) is 0 Å². The molecule has 1 N–H and O–H groups in total. The van der Waals surface area contributed by atoms with Gasteiger partial charge in [-0.25, -0.2) is 0 Å². The zero-order chi connectivity index (χ0) is 10.5. The summed E-state index contributed by atoms with van der Waals surface area (Å²) in [5.74, 6) is 0.576. The average Bonchev–Trinajstić information content (AvgIpc) is 2.83. The topological polar surface area (TPSA) is 12.0 Å². The number of benzene rings is 2. The Labute approximate surface area is 95.1 Å². The lowest BCUT2D eigenvalue weighted by Crippen LogP contribution is -2.16. The third-order valence-corrected chi connectivity index (χ3v) is 3.87. The summed E-state index contributed by atoms with van der Waals surface area (Å²) < 4.78 is 0. The minimum atomic E-state index is 0.576. The van der Waals surface area contributed by atoms with Crippen molar-refractivity contribution >= 4 is 5.69 Å². The average molecular weight is 207 g/mol. The van der Waals surface area contributed by atoms with E-state index in [0.29, 0.717) is 12.0 Å². The van der Waals surface area contributed by atoms with Gasteiger partial charge in [-0.1, -0.05) is 42.5 Å². The van der Waals surface area contributed by atoms with E-state index in [1.54, 1.807) is 0 Å². The highest BCUT2D eigenvalue weighted by Crippen LogP contribution is 2.46. The highest BCUT2D eigenvalue weighted by molar-refractivity contribution is 5.65. The molecule has 0 spiro atoms. The van der Waals surface area contributed by atoms with Gasteiger partial charge in [0.15, 0.2) is 0 Å².